The van der Waals surface area contributed by atoms with E-state index in [1.165, 1.54) is 12.8 Å². The van der Waals surface area contributed by atoms with Gasteiger partial charge in [0, 0.05) is 5.92 Å². The minimum Gasteiger partial charge on any atom is -0.469 e. The Kier molecular flexibility index (Phi) is 1.77. The maximum atomic E-state index is 11.3. The molecule has 2 rings (SSSR count). The van der Waals surface area contributed by atoms with Gasteiger partial charge in [-0.15, -0.1) is 0 Å². The largest absolute Gasteiger partial charge is 0.469 e. The summed E-state index contributed by atoms with van der Waals surface area (Å²) in [6.07, 6.45) is 4.09. The van der Waals surface area contributed by atoms with E-state index in [4.69, 9.17) is 4.74 Å². The van der Waals surface area contributed by atoms with Crippen LogP contribution in [0.25, 0.3) is 0 Å². The molecule has 0 bridgehead atoms. The number of ether oxygens (including phenoxy) is 1. The molecular formula is C10H17BO2. The van der Waals surface area contributed by atoms with Gasteiger partial charge in [0.15, 0.2) is 7.85 Å². The Hall–Kier alpha value is -0.465. The fraction of sp³-hybridized carbons (Fsp3) is 0.900. The van der Waals surface area contributed by atoms with Crippen molar-refractivity contribution in [2.75, 3.05) is 0 Å². The molecule has 72 valence electrons. The van der Waals surface area contributed by atoms with Crippen LogP contribution in [0, 0.1) is 11.3 Å². The summed E-state index contributed by atoms with van der Waals surface area (Å²) in [6.45, 7) is 4.52. The highest BCUT2D eigenvalue weighted by Gasteiger charge is 2.53. The van der Waals surface area contributed by atoms with E-state index in [0.717, 1.165) is 6.42 Å². The first kappa shape index (κ1) is 9.10. The maximum Gasteiger partial charge on any atom is 0.305 e. The van der Waals surface area contributed by atoms with Gasteiger partial charge in [0.25, 0.3) is 0 Å². The van der Waals surface area contributed by atoms with E-state index in [0.29, 0.717) is 12.3 Å². The summed E-state index contributed by atoms with van der Waals surface area (Å²) in [5.74, 6) is 0.434. The lowest BCUT2D eigenvalue weighted by Gasteiger charge is -2.45. The van der Waals surface area contributed by atoms with E-state index in [1.54, 1.807) is 0 Å². The Labute approximate surface area is 80.4 Å². The highest BCUT2D eigenvalue weighted by Crippen LogP contribution is 2.51. The van der Waals surface area contributed by atoms with E-state index < -0.39 is 0 Å². The second-order valence-corrected chi connectivity index (χ2v) is 5.39. The lowest BCUT2D eigenvalue weighted by atomic mass is 9.54. The Morgan fingerprint density at radius 3 is 2.77 bits per heavy atom. The summed E-state index contributed by atoms with van der Waals surface area (Å²) < 4.78 is 5.45. The Balaban J connectivity index is 2.30. The molecule has 0 radical (unpaired) electrons. The van der Waals surface area contributed by atoms with Gasteiger partial charge in [-0.3, -0.25) is 4.79 Å². The number of esters is 1. The van der Waals surface area contributed by atoms with Crippen molar-refractivity contribution in [3.05, 3.63) is 0 Å². The van der Waals surface area contributed by atoms with E-state index in [9.17, 15) is 4.79 Å². The smallest absolute Gasteiger partial charge is 0.305 e. The van der Waals surface area contributed by atoms with Crippen molar-refractivity contribution in [1.82, 2.24) is 0 Å². The fourth-order valence-electron chi connectivity index (χ4n) is 3.15. The van der Waals surface area contributed by atoms with E-state index >= 15 is 0 Å². The van der Waals surface area contributed by atoms with Crippen LogP contribution in [0.3, 0.4) is 0 Å². The number of rotatable bonds is 0. The van der Waals surface area contributed by atoms with Gasteiger partial charge < -0.3 is 4.74 Å². The van der Waals surface area contributed by atoms with Crippen LogP contribution in [0.1, 0.15) is 39.5 Å². The molecule has 3 heteroatoms. The average molecular weight is 180 g/mol. The maximum absolute atomic E-state index is 11.3. The van der Waals surface area contributed by atoms with E-state index in [-0.39, 0.29) is 16.9 Å². The van der Waals surface area contributed by atoms with Crippen LogP contribution in [-0.2, 0) is 9.53 Å². The Morgan fingerprint density at radius 2 is 2.15 bits per heavy atom. The molecule has 0 N–H and O–H groups in total. The average Bonchev–Trinajstić information content (AvgIpc) is 2.25. The number of hydrogen-bond donors (Lipinski definition) is 0. The number of fused-ring (bicyclic) bond motifs is 1. The zero-order chi connectivity index (χ0) is 9.69. The zero-order valence-corrected chi connectivity index (χ0v) is 8.72. The third kappa shape index (κ3) is 1.29. The van der Waals surface area contributed by atoms with Gasteiger partial charge in [0.1, 0.15) is 0 Å². The Morgan fingerprint density at radius 1 is 1.46 bits per heavy atom. The van der Waals surface area contributed by atoms with Gasteiger partial charge in [0.2, 0.25) is 0 Å². The molecule has 1 aliphatic heterocycles. The molecule has 2 fully saturated rings. The van der Waals surface area contributed by atoms with Crippen LogP contribution in [-0.4, -0.2) is 19.3 Å². The van der Waals surface area contributed by atoms with Crippen LogP contribution in [0.15, 0.2) is 0 Å². The third-order valence-corrected chi connectivity index (χ3v) is 3.89. The molecule has 0 spiro atoms. The quantitative estimate of drug-likeness (QED) is 0.412. The van der Waals surface area contributed by atoms with Crippen molar-refractivity contribution in [3.8, 4) is 0 Å². The molecule has 1 heterocycles. The molecule has 13 heavy (non-hydrogen) atoms. The first-order valence-electron chi connectivity index (χ1n) is 5.16. The monoisotopic (exact) mass is 180 g/mol. The minimum absolute atomic E-state index is 0.00229. The molecule has 0 aromatic carbocycles. The van der Waals surface area contributed by atoms with Crippen molar-refractivity contribution in [2.24, 2.45) is 11.3 Å². The van der Waals surface area contributed by atoms with Crippen molar-refractivity contribution in [1.29, 1.82) is 0 Å². The van der Waals surface area contributed by atoms with Crippen LogP contribution < -0.4 is 0 Å². The van der Waals surface area contributed by atoms with Gasteiger partial charge in [0.05, 0.1) is 11.9 Å². The normalized spacial score (nSPS) is 42.6. The summed E-state index contributed by atoms with van der Waals surface area (Å²) in [7, 11) is 2.10. The van der Waals surface area contributed by atoms with Crippen LogP contribution >= 0.6 is 0 Å². The predicted octanol–water partition coefficient (Wildman–Crippen LogP) is 1.09. The van der Waals surface area contributed by atoms with Crippen LogP contribution in [0.2, 0.25) is 0 Å². The topological polar surface area (TPSA) is 26.3 Å². The van der Waals surface area contributed by atoms with Crippen LogP contribution in [0.5, 0.6) is 0 Å². The number of carbonyl (C=O) groups excluding carboxylic acids is 1. The molecule has 2 atom stereocenters. The molecule has 2 aliphatic rings. The molecule has 1 saturated heterocycles. The highest BCUT2D eigenvalue weighted by atomic mass is 16.6. The van der Waals surface area contributed by atoms with Crippen LogP contribution in [0.4, 0.5) is 0 Å². The van der Waals surface area contributed by atoms with Crippen molar-refractivity contribution >= 4 is 13.8 Å². The molecule has 2 nitrogen and oxygen atoms in total. The predicted molar refractivity (Wildman–Crippen MR) is 53.1 cm³/mol. The standard InChI is InChI=1S/C10H17BO2/c1-9(2)4-3-5-10(11)7(9)6-8(12)13-10/h7H,3-6,11H2,1-2H3/t7-,10-/m1/s1. The SMILES string of the molecule is B[C@@]12CCCC(C)(C)[C@H]1CC(=O)O2. The van der Waals surface area contributed by atoms with Crippen molar-refractivity contribution < 1.29 is 9.53 Å². The van der Waals surface area contributed by atoms with E-state index in [2.05, 4.69) is 21.7 Å². The molecule has 0 aromatic heterocycles. The van der Waals surface area contributed by atoms with E-state index in [1.807, 2.05) is 0 Å². The first-order valence-corrected chi connectivity index (χ1v) is 5.16. The summed E-state index contributed by atoms with van der Waals surface area (Å²) in [6, 6.07) is 0. The summed E-state index contributed by atoms with van der Waals surface area (Å²) in [4.78, 5) is 11.3. The molecule has 0 aromatic rings. The molecule has 1 aliphatic carbocycles. The van der Waals surface area contributed by atoms with Crippen molar-refractivity contribution in [3.63, 3.8) is 0 Å². The molecular weight excluding hydrogens is 163 g/mol. The van der Waals surface area contributed by atoms with Gasteiger partial charge in [-0.25, -0.2) is 0 Å². The van der Waals surface area contributed by atoms with Gasteiger partial charge in [-0.05, 0) is 24.7 Å². The molecule has 0 unspecified atom stereocenters. The second-order valence-electron chi connectivity index (χ2n) is 5.39. The minimum atomic E-state index is -0.154. The van der Waals surface area contributed by atoms with Gasteiger partial charge >= 0.3 is 5.97 Å². The number of carbonyl (C=O) groups is 1. The van der Waals surface area contributed by atoms with Gasteiger partial charge in [-0.1, -0.05) is 13.8 Å². The summed E-state index contributed by atoms with van der Waals surface area (Å²) in [5, 5.41) is 0. The number of hydrogen-bond acceptors (Lipinski definition) is 2. The Bertz CT molecular complexity index is 249. The lowest BCUT2D eigenvalue weighted by Crippen LogP contribution is -2.46. The lowest BCUT2D eigenvalue weighted by molar-refractivity contribution is -0.145. The van der Waals surface area contributed by atoms with Crippen molar-refractivity contribution in [2.45, 2.75) is 45.0 Å². The van der Waals surface area contributed by atoms with Gasteiger partial charge in [-0.2, -0.15) is 0 Å². The fourth-order valence-corrected chi connectivity index (χ4v) is 3.15. The zero-order valence-electron chi connectivity index (χ0n) is 8.72. The molecule has 1 saturated carbocycles. The summed E-state index contributed by atoms with van der Waals surface area (Å²) in [5.41, 5.74) is 0.123. The highest BCUT2D eigenvalue weighted by molar-refractivity contribution is 6.16. The third-order valence-electron chi connectivity index (χ3n) is 3.89. The molecule has 0 amide bonds. The second kappa shape index (κ2) is 2.52. The summed E-state index contributed by atoms with van der Waals surface area (Å²) >= 11 is 0. The first-order chi connectivity index (χ1) is 5.94.